The predicted molar refractivity (Wildman–Crippen MR) is 98.9 cm³/mol. The van der Waals surface area contributed by atoms with Crippen molar-refractivity contribution in [1.82, 2.24) is 15.5 Å². The van der Waals surface area contributed by atoms with Crippen molar-refractivity contribution < 1.29 is 4.39 Å². The van der Waals surface area contributed by atoms with Crippen LogP contribution in [0.1, 0.15) is 31.7 Å². The Morgan fingerprint density at radius 2 is 2.04 bits per heavy atom. The van der Waals surface area contributed by atoms with Gasteiger partial charge in [-0.3, -0.25) is 4.99 Å². The van der Waals surface area contributed by atoms with Crippen LogP contribution in [0.2, 0.25) is 0 Å². The van der Waals surface area contributed by atoms with Crippen molar-refractivity contribution in [3.05, 3.63) is 35.6 Å². The molecule has 1 atom stereocenters. The van der Waals surface area contributed by atoms with Crippen LogP contribution in [0.15, 0.2) is 29.3 Å². The van der Waals surface area contributed by atoms with Gasteiger partial charge < -0.3 is 15.5 Å². The first-order chi connectivity index (χ1) is 11.7. The van der Waals surface area contributed by atoms with E-state index >= 15 is 0 Å². The van der Waals surface area contributed by atoms with Gasteiger partial charge >= 0.3 is 0 Å². The zero-order valence-electron chi connectivity index (χ0n) is 15.0. The largest absolute Gasteiger partial charge is 0.356 e. The molecule has 1 aromatic rings. The van der Waals surface area contributed by atoms with Crippen LogP contribution in [0.25, 0.3) is 0 Å². The average Bonchev–Trinajstić information content (AvgIpc) is 2.59. The minimum Gasteiger partial charge on any atom is -0.356 e. The van der Waals surface area contributed by atoms with Gasteiger partial charge in [0.2, 0.25) is 0 Å². The lowest BCUT2D eigenvalue weighted by Crippen LogP contribution is -2.42. The number of benzene rings is 1. The van der Waals surface area contributed by atoms with E-state index < -0.39 is 0 Å². The van der Waals surface area contributed by atoms with Crippen LogP contribution in [0, 0.1) is 11.7 Å². The molecule has 1 unspecified atom stereocenters. The van der Waals surface area contributed by atoms with E-state index in [1.807, 2.05) is 6.07 Å². The summed E-state index contributed by atoms with van der Waals surface area (Å²) in [5.74, 6) is 1.23. The second-order valence-corrected chi connectivity index (χ2v) is 6.73. The molecule has 0 bridgehead atoms. The van der Waals surface area contributed by atoms with E-state index in [1.165, 1.54) is 38.4 Å². The number of nitrogens with one attached hydrogen (secondary N) is 2. The third-order valence-electron chi connectivity index (χ3n) is 4.46. The Bertz CT molecular complexity index is 512. The van der Waals surface area contributed by atoms with Gasteiger partial charge in [-0.15, -0.1) is 0 Å². The van der Waals surface area contributed by atoms with Gasteiger partial charge in [0.1, 0.15) is 5.82 Å². The van der Waals surface area contributed by atoms with Crippen LogP contribution in [0.4, 0.5) is 4.39 Å². The van der Waals surface area contributed by atoms with Gasteiger partial charge in [0, 0.05) is 26.7 Å². The monoisotopic (exact) mass is 334 g/mol. The fourth-order valence-corrected chi connectivity index (χ4v) is 3.16. The molecule has 4 nitrogen and oxygen atoms in total. The minimum atomic E-state index is -0.179. The highest BCUT2D eigenvalue weighted by Gasteiger charge is 2.13. The minimum absolute atomic E-state index is 0.179. The molecule has 24 heavy (non-hydrogen) atoms. The molecule has 0 saturated carbocycles. The molecule has 2 rings (SSSR count). The van der Waals surface area contributed by atoms with Crippen molar-refractivity contribution in [2.45, 2.75) is 32.6 Å². The van der Waals surface area contributed by atoms with Gasteiger partial charge in [-0.25, -0.2) is 4.39 Å². The maximum Gasteiger partial charge on any atom is 0.190 e. The first kappa shape index (κ1) is 18.7. The number of hydrogen-bond acceptors (Lipinski definition) is 2. The summed E-state index contributed by atoms with van der Waals surface area (Å²) in [6.07, 6.45) is 4.83. The lowest BCUT2D eigenvalue weighted by molar-refractivity contribution is 0.201. The van der Waals surface area contributed by atoms with Gasteiger partial charge in [-0.05, 0) is 56.0 Å². The van der Waals surface area contributed by atoms with E-state index in [1.54, 1.807) is 19.2 Å². The Kier molecular flexibility index (Phi) is 8.02. The molecule has 2 N–H and O–H groups in total. The van der Waals surface area contributed by atoms with Crippen molar-refractivity contribution >= 4 is 5.96 Å². The van der Waals surface area contributed by atoms with E-state index in [0.717, 1.165) is 37.6 Å². The maximum absolute atomic E-state index is 13.2. The average molecular weight is 334 g/mol. The summed E-state index contributed by atoms with van der Waals surface area (Å²) in [5.41, 5.74) is 0.997. The zero-order chi connectivity index (χ0) is 17.2. The lowest BCUT2D eigenvalue weighted by atomic mass is 10.1. The number of likely N-dealkylation sites (tertiary alicyclic amines) is 1. The van der Waals surface area contributed by atoms with Crippen molar-refractivity contribution in [2.75, 3.05) is 39.8 Å². The maximum atomic E-state index is 13.2. The Labute approximate surface area is 145 Å². The summed E-state index contributed by atoms with van der Waals surface area (Å²) in [4.78, 5) is 6.83. The molecular weight excluding hydrogens is 303 g/mol. The Balaban J connectivity index is 1.64. The molecule has 1 heterocycles. The lowest BCUT2D eigenvalue weighted by Gasteiger charge is -2.29. The van der Waals surface area contributed by atoms with E-state index in [2.05, 4.69) is 27.4 Å². The van der Waals surface area contributed by atoms with E-state index in [9.17, 15) is 4.39 Å². The first-order valence-electron chi connectivity index (χ1n) is 9.08. The fraction of sp³-hybridized carbons (Fsp3) is 0.632. The van der Waals surface area contributed by atoms with Gasteiger partial charge in [-0.2, -0.15) is 0 Å². The van der Waals surface area contributed by atoms with Crippen LogP contribution in [-0.2, 0) is 6.42 Å². The molecule has 1 aliphatic heterocycles. The Morgan fingerprint density at radius 3 is 2.75 bits per heavy atom. The van der Waals surface area contributed by atoms with Crippen LogP contribution >= 0.6 is 0 Å². The highest BCUT2D eigenvalue weighted by atomic mass is 19.1. The summed E-state index contributed by atoms with van der Waals surface area (Å²) in [7, 11) is 1.78. The van der Waals surface area contributed by atoms with Crippen LogP contribution < -0.4 is 10.6 Å². The first-order valence-corrected chi connectivity index (χ1v) is 9.08. The van der Waals surface area contributed by atoms with Crippen molar-refractivity contribution in [3.63, 3.8) is 0 Å². The van der Waals surface area contributed by atoms with Crippen molar-refractivity contribution in [3.8, 4) is 0 Å². The molecule has 0 aromatic heterocycles. The topological polar surface area (TPSA) is 39.7 Å². The smallest absolute Gasteiger partial charge is 0.190 e. The summed E-state index contributed by atoms with van der Waals surface area (Å²) < 4.78 is 13.2. The van der Waals surface area contributed by atoms with Crippen LogP contribution in [0.5, 0.6) is 0 Å². The summed E-state index contributed by atoms with van der Waals surface area (Å²) >= 11 is 0. The SMILES string of the molecule is CN=C(NCCc1cccc(F)c1)NCC(C)CN1CCCCC1. The van der Waals surface area contributed by atoms with Crippen LogP contribution in [0.3, 0.4) is 0 Å². The molecule has 5 heteroatoms. The standard InChI is InChI=1S/C19H31FN4/c1-16(15-24-11-4-3-5-12-24)14-23-19(21-2)22-10-9-17-7-6-8-18(20)13-17/h6-8,13,16H,3-5,9-12,14-15H2,1-2H3,(H2,21,22,23). The highest BCUT2D eigenvalue weighted by molar-refractivity contribution is 5.79. The second-order valence-electron chi connectivity index (χ2n) is 6.73. The molecule has 1 aliphatic rings. The van der Waals surface area contributed by atoms with Crippen LogP contribution in [-0.4, -0.2) is 50.6 Å². The van der Waals surface area contributed by atoms with E-state index in [0.29, 0.717) is 5.92 Å². The van der Waals surface area contributed by atoms with Gasteiger partial charge in [0.05, 0.1) is 0 Å². The molecular formula is C19H31FN4. The normalized spacial score (nSPS) is 17.5. The predicted octanol–water partition coefficient (Wildman–Crippen LogP) is 2.66. The van der Waals surface area contributed by atoms with Crippen molar-refractivity contribution in [2.24, 2.45) is 10.9 Å². The molecule has 0 amide bonds. The quantitative estimate of drug-likeness (QED) is 0.595. The third kappa shape index (κ3) is 6.87. The molecule has 1 fully saturated rings. The summed E-state index contributed by atoms with van der Waals surface area (Å²) in [5, 5.41) is 6.69. The number of guanidine groups is 1. The molecule has 0 radical (unpaired) electrons. The number of rotatable bonds is 7. The highest BCUT2D eigenvalue weighted by Crippen LogP contribution is 2.10. The number of piperidine rings is 1. The number of aliphatic imine (C=N–C) groups is 1. The van der Waals surface area contributed by atoms with E-state index in [-0.39, 0.29) is 5.82 Å². The molecule has 1 aromatic carbocycles. The third-order valence-corrected chi connectivity index (χ3v) is 4.46. The fourth-order valence-electron chi connectivity index (χ4n) is 3.16. The van der Waals surface area contributed by atoms with Gasteiger partial charge in [0.15, 0.2) is 5.96 Å². The second kappa shape index (κ2) is 10.3. The van der Waals surface area contributed by atoms with Crippen molar-refractivity contribution in [1.29, 1.82) is 0 Å². The Hall–Kier alpha value is -1.62. The molecule has 0 aliphatic carbocycles. The number of hydrogen-bond donors (Lipinski definition) is 2. The number of nitrogens with zero attached hydrogens (tertiary/aromatic N) is 2. The molecule has 1 saturated heterocycles. The molecule has 134 valence electrons. The number of halogens is 1. The molecule has 0 spiro atoms. The zero-order valence-corrected chi connectivity index (χ0v) is 15.0. The van der Waals surface area contributed by atoms with E-state index in [4.69, 9.17) is 0 Å². The van der Waals surface area contributed by atoms with Gasteiger partial charge in [-0.1, -0.05) is 25.5 Å². The summed E-state index contributed by atoms with van der Waals surface area (Å²) in [6, 6.07) is 6.75. The van der Waals surface area contributed by atoms with Gasteiger partial charge in [0.25, 0.3) is 0 Å². The summed E-state index contributed by atoms with van der Waals surface area (Å²) in [6.45, 7) is 7.56. The Morgan fingerprint density at radius 1 is 1.25 bits per heavy atom.